The molecule has 0 aromatic heterocycles. The molecular formula is C17H26O2. The highest BCUT2D eigenvalue weighted by Gasteiger charge is 2.37. The van der Waals surface area contributed by atoms with Crippen LogP contribution in [0.1, 0.15) is 57.5 Å². The summed E-state index contributed by atoms with van der Waals surface area (Å²) in [5, 5.41) is 0. The highest BCUT2D eigenvalue weighted by Crippen LogP contribution is 2.37. The first-order chi connectivity index (χ1) is 8.55. The van der Waals surface area contributed by atoms with Crippen LogP contribution < -0.4 is 4.74 Å². The predicted molar refractivity (Wildman–Crippen MR) is 79.9 cm³/mol. The molecule has 0 saturated carbocycles. The van der Waals surface area contributed by atoms with Gasteiger partial charge in [-0.25, -0.2) is 0 Å². The van der Waals surface area contributed by atoms with Gasteiger partial charge < -0.3 is 4.74 Å². The van der Waals surface area contributed by atoms with Gasteiger partial charge in [0.1, 0.15) is 18.1 Å². The van der Waals surface area contributed by atoms with Crippen molar-refractivity contribution in [2.45, 2.75) is 54.6 Å². The van der Waals surface area contributed by atoms with Crippen molar-refractivity contribution in [2.75, 3.05) is 0 Å². The summed E-state index contributed by atoms with van der Waals surface area (Å²) in [5.41, 5.74) is 1.79. The Balaban J connectivity index is 3.08. The predicted octanol–water partition coefficient (Wildman–Crippen LogP) is 4.65. The van der Waals surface area contributed by atoms with Gasteiger partial charge in [0.15, 0.2) is 0 Å². The number of aldehydes is 1. The van der Waals surface area contributed by atoms with Crippen LogP contribution in [0.15, 0.2) is 18.2 Å². The second-order valence-corrected chi connectivity index (χ2v) is 7.37. The van der Waals surface area contributed by atoms with Crippen molar-refractivity contribution in [1.82, 2.24) is 0 Å². The van der Waals surface area contributed by atoms with E-state index in [2.05, 4.69) is 41.5 Å². The van der Waals surface area contributed by atoms with E-state index < -0.39 is 0 Å². The maximum absolute atomic E-state index is 10.8. The van der Waals surface area contributed by atoms with Crippen LogP contribution in [0.2, 0.25) is 0 Å². The van der Waals surface area contributed by atoms with Crippen LogP contribution >= 0.6 is 0 Å². The number of rotatable bonds is 3. The third-order valence-corrected chi connectivity index (χ3v) is 3.15. The topological polar surface area (TPSA) is 26.3 Å². The van der Waals surface area contributed by atoms with E-state index in [0.717, 1.165) is 17.6 Å². The lowest BCUT2D eigenvalue weighted by atomic mass is 9.74. The van der Waals surface area contributed by atoms with Crippen LogP contribution in [0.5, 0.6) is 5.75 Å². The summed E-state index contributed by atoms with van der Waals surface area (Å²) in [7, 11) is 0. The van der Waals surface area contributed by atoms with Gasteiger partial charge in [-0.15, -0.1) is 0 Å². The minimum absolute atomic E-state index is 0.0496. The van der Waals surface area contributed by atoms with Gasteiger partial charge in [0, 0.05) is 5.56 Å². The van der Waals surface area contributed by atoms with Gasteiger partial charge in [0.05, 0.1) is 0 Å². The van der Waals surface area contributed by atoms with E-state index in [9.17, 15) is 4.79 Å². The van der Waals surface area contributed by atoms with Crippen LogP contribution in [0.3, 0.4) is 0 Å². The molecular weight excluding hydrogens is 236 g/mol. The summed E-state index contributed by atoms with van der Waals surface area (Å²) < 4.78 is 6.26. The molecule has 0 fully saturated rings. The van der Waals surface area contributed by atoms with Crippen molar-refractivity contribution in [3.63, 3.8) is 0 Å². The molecule has 0 N–H and O–H groups in total. The monoisotopic (exact) mass is 262 g/mol. The van der Waals surface area contributed by atoms with Crippen LogP contribution in [0, 0.1) is 17.8 Å². The molecule has 0 aliphatic heterocycles. The van der Waals surface area contributed by atoms with Crippen molar-refractivity contribution in [1.29, 1.82) is 0 Å². The van der Waals surface area contributed by atoms with Crippen molar-refractivity contribution in [3.8, 4) is 5.75 Å². The van der Waals surface area contributed by atoms with Gasteiger partial charge in [-0.05, 0) is 41.5 Å². The number of carbonyl (C=O) groups is 1. The molecule has 1 rings (SSSR count). The second kappa shape index (κ2) is 5.36. The average molecular weight is 262 g/mol. The summed E-state index contributed by atoms with van der Waals surface area (Å²) in [6.07, 6.45) is 0.961. The van der Waals surface area contributed by atoms with E-state index in [1.165, 1.54) is 0 Å². The van der Waals surface area contributed by atoms with E-state index in [4.69, 9.17) is 4.74 Å². The number of hydrogen-bond acceptors (Lipinski definition) is 2. The third kappa shape index (κ3) is 4.09. The van der Waals surface area contributed by atoms with E-state index >= 15 is 0 Å². The Morgan fingerprint density at radius 2 is 1.58 bits per heavy atom. The Bertz CT molecular complexity index is 433. The molecule has 0 radical (unpaired) electrons. The average Bonchev–Trinajstić information content (AvgIpc) is 2.23. The SMILES string of the molecule is Cc1cc(C=O)ccc1OC(C(C)(C)C)C(C)(C)C. The lowest BCUT2D eigenvalue weighted by Crippen LogP contribution is -2.43. The van der Waals surface area contributed by atoms with Crippen LogP contribution in [0.4, 0.5) is 0 Å². The van der Waals surface area contributed by atoms with E-state index in [1.54, 1.807) is 6.07 Å². The summed E-state index contributed by atoms with van der Waals surface area (Å²) in [5.74, 6) is 0.862. The van der Waals surface area contributed by atoms with E-state index in [1.807, 2.05) is 19.1 Å². The lowest BCUT2D eigenvalue weighted by molar-refractivity contribution is -0.00215. The van der Waals surface area contributed by atoms with Crippen LogP contribution in [0.25, 0.3) is 0 Å². The van der Waals surface area contributed by atoms with Crippen molar-refractivity contribution < 1.29 is 9.53 Å². The summed E-state index contributed by atoms with van der Waals surface area (Å²) in [4.78, 5) is 10.8. The molecule has 0 heterocycles. The minimum Gasteiger partial charge on any atom is -0.489 e. The molecule has 0 amide bonds. The molecule has 106 valence electrons. The first-order valence-electron chi connectivity index (χ1n) is 6.78. The van der Waals surface area contributed by atoms with Gasteiger partial charge in [-0.1, -0.05) is 41.5 Å². The normalized spacial score (nSPS) is 12.6. The fourth-order valence-electron chi connectivity index (χ4n) is 2.66. The highest BCUT2D eigenvalue weighted by molar-refractivity contribution is 5.75. The molecule has 0 aliphatic carbocycles. The van der Waals surface area contributed by atoms with Crippen molar-refractivity contribution >= 4 is 6.29 Å². The summed E-state index contributed by atoms with van der Waals surface area (Å²) in [6, 6.07) is 5.56. The van der Waals surface area contributed by atoms with Gasteiger partial charge in [-0.3, -0.25) is 4.79 Å². The Labute approximate surface area is 117 Å². The minimum atomic E-state index is 0.0496. The molecule has 0 saturated heterocycles. The number of ether oxygens (including phenoxy) is 1. The molecule has 0 aliphatic rings. The van der Waals surface area contributed by atoms with Crippen molar-refractivity contribution in [2.24, 2.45) is 10.8 Å². The largest absolute Gasteiger partial charge is 0.489 e. The quantitative estimate of drug-likeness (QED) is 0.741. The molecule has 0 bridgehead atoms. The molecule has 1 aromatic carbocycles. The highest BCUT2D eigenvalue weighted by atomic mass is 16.5. The number of carbonyl (C=O) groups excluding carboxylic acids is 1. The third-order valence-electron chi connectivity index (χ3n) is 3.15. The fraction of sp³-hybridized carbons (Fsp3) is 0.588. The molecule has 2 heteroatoms. The van der Waals surface area contributed by atoms with Gasteiger partial charge in [0.25, 0.3) is 0 Å². The molecule has 2 nitrogen and oxygen atoms in total. The number of benzene rings is 1. The maximum Gasteiger partial charge on any atom is 0.150 e. The lowest BCUT2D eigenvalue weighted by Gasteiger charge is -2.40. The van der Waals surface area contributed by atoms with Gasteiger partial charge in [-0.2, -0.15) is 0 Å². The first-order valence-corrected chi connectivity index (χ1v) is 6.78. The van der Waals surface area contributed by atoms with Crippen LogP contribution in [-0.4, -0.2) is 12.4 Å². The van der Waals surface area contributed by atoms with Gasteiger partial charge >= 0.3 is 0 Å². The second-order valence-electron chi connectivity index (χ2n) is 7.37. The Morgan fingerprint density at radius 3 is 1.95 bits per heavy atom. The van der Waals surface area contributed by atoms with E-state index in [-0.39, 0.29) is 16.9 Å². The fourth-order valence-corrected chi connectivity index (χ4v) is 2.66. The summed E-state index contributed by atoms with van der Waals surface area (Å²) >= 11 is 0. The number of aryl methyl sites for hydroxylation is 1. The maximum atomic E-state index is 10.8. The standard InChI is InChI=1S/C17H26O2/c1-12-10-13(11-18)8-9-14(12)19-15(16(2,3)4)17(5,6)7/h8-11,15H,1-7H3. The molecule has 0 spiro atoms. The molecule has 0 atom stereocenters. The van der Waals surface area contributed by atoms with E-state index in [0.29, 0.717) is 5.56 Å². The zero-order valence-corrected chi connectivity index (χ0v) is 13.2. The molecule has 0 unspecified atom stereocenters. The Hall–Kier alpha value is -1.31. The van der Waals surface area contributed by atoms with Crippen LogP contribution in [-0.2, 0) is 0 Å². The Morgan fingerprint density at radius 1 is 1.05 bits per heavy atom. The molecule has 19 heavy (non-hydrogen) atoms. The zero-order chi connectivity index (χ0) is 14.8. The Kier molecular flexibility index (Phi) is 4.44. The molecule has 1 aromatic rings. The summed E-state index contributed by atoms with van der Waals surface area (Å²) in [6.45, 7) is 15.1. The zero-order valence-electron chi connectivity index (χ0n) is 13.2. The van der Waals surface area contributed by atoms with Gasteiger partial charge in [0.2, 0.25) is 0 Å². The number of hydrogen-bond donors (Lipinski definition) is 0. The first kappa shape index (κ1) is 15.7. The smallest absolute Gasteiger partial charge is 0.150 e. The van der Waals surface area contributed by atoms with Crippen molar-refractivity contribution in [3.05, 3.63) is 29.3 Å².